The summed E-state index contributed by atoms with van der Waals surface area (Å²) in [5, 5.41) is 0. The van der Waals surface area contributed by atoms with Crippen molar-refractivity contribution in [2.24, 2.45) is 5.73 Å². The molecule has 0 aliphatic rings. The zero-order valence-electron chi connectivity index (χ0n) is 11.0. The van der Waals surface area contributed by atoms with Crippen LogP contribution in [0.15, 0.2) is 35.6 Å². The number of hydrogen-bond donors (Lipinski definition) is 3. The number of H-pyrrole nitrogens is 1. The van der Waals surface area contributed by atoms with Gasteiger partial charge in [0.15, 0.2) is 0 Å². The monoisotopic (exact) mass is 296 g/mol. The van der Waals surface area contributed by atoms with Crippen LogP contribution >= 0.6 is 0 Å². The first-order valence-electron chi connectivity index (χ1n) is 5.90. The van der Waals surface area contributed by atoms with E-state index in [1.807, 2.05) is 0 Å². The zero-order chi connectivity index (χ0) is 14.6. The SMILES string of the molecule is COc1ccc(CN)cc1S(=O)(=O)NCc1cnc[nH]1. The van der Waals surface area contributed by atoms with E-state index < -0.39 is 10.0 Å². The van der Waals surface area contributed by atoms with E-state index in [9.17, 15) is 8.42 Å². The number of nitrogens with two attached hydrogens (primary N) is 1. The van der Waals surface area contributed by atoms with Crippen LogP contribution in [0.4, 0.5) is 0 Å². The van der Waals surface area contributed by atoms with Crippen LogP contribution in [0.1, 0.15) is 11.3 Å². The van der Waals surface area contributed by atoms with E-state index in [1.165, 1.54) is 19.5 Å². The van der Waals surface area contributed by atoms with Crippen molar-refractivity contribution in [3.63, 3.8) is 0 Å². The van der Waals surface area contributed by atoms with Crippen LogP contribution in [0.3, 0.4) is 0 Å². The highest BCUT2D eigenvalue weighted by Crippen LogP contribution is 2.24. The summed E-state index contributed by atoms with van der Waals surface area (Å²) in [4.78, 5) is 6.72. The molecule has 0 atom stereocenters. The molecule has 4 N–H and O–H groups in total. The summed E-state index contributed by atoms with van der Waals surface area (Å²) in [6.45, 7) is 0.380. The molecule has 0 radical (unpaired) electrons. The maximum absolute atomic E-state index is 12.3. The van der Waals surface area contributed by atoms with Gasteiger partial charge in [-0.15, -0.1) is 0 Å². The van der Waals surface area contributed by atoms with Crippen LogP contribution in [0.25, 0.3) is 0 Å². The van der Waals surface area contributed by atoms with Crippen molar-refractivity contribution in [3.05, 3.63) is 42.0 Å². The van der Waals surface area contributed by atoms with Crippen molar-refractivity contribution in [1.29, 1.82) is 0 Å². The average molecular weight is 296 g/mol. The van der Waals surface area contributed by atoms with Crippen LogP contribution < -0.4 is 15.2 Å². The Balaban J connectivity index is 2.28. The molecule has 0 spiro atoms. The molecule has 1 heterocycles. The van der Waals surface area contributed by atoms with Gasteiger partial charge in [-0.2, -0.15) is 0 Å². The number of aromatic nitrogens is 2. The highest BCUT2D eigenvalue weighted by molar-refractivity contribution is 7.89. The second-order valence-electron chi connectivity index (χ2n) is 4.09. The van der Waals surface area contributed by atoms with Gasteiger partial charge >= 0.3 is 0 Å². The van der Waals surface area contributed by atoms with E-state index in [2.05, 4.69) is 14.7 Å². The Morgan fingerprint density at radius 2 is 2.25 bits per heavy atom. The third-order valence-electron chi connectivity index (χ3n) is 2.76. The lowest BCUT2D eigenvalue weighted by Gasteiger charge is -2.11. The fourth-order valence-corrected chi connectivity index (χ4v) is 2.91. The Morgan fingerprint density at radius 3 is 2.85 bits per heavy atom. The van der Waals surface area contributed by atoms with Gasteiger partial charge in [0.05, 0.1) is 20.0 Å². The van der Waals surface area contributed by atoms with Crippen LogP contribution in [-0.4, -0.2) is 25.5 Å². The number of ether oxygens (including phenoxy) is 1. The molecule has 20 heavy (non-hydrogen) atoms. The molecule has 0 unspecified atom stereocenters. The van der Waals surface area contributed by atoms with Crippen molar-refractivity contribution in [1.82, 2.24) is 14.7 Å². The third kappa shape index (κ3) is 3.16. The topological polar surface area (TPSA) is 110 Å². The molecule has 8 heteroatoms. The predicted molar refractivity (Wildman–Crippen MR) is 73.5 cm³/mol. The Morgan fingerprint density at radius 1 is 1.45 bits per heavy atom. The number of imidazole rings is 1. The van der Waals surface area contributed by atoms with Gasteiger partial charge in [-0.3, -0.25) is 0 Å². The van der Waals surface area contributed by atoms with Crippen LogP contribution in [0.2, 0.25) is 0 Å². The number of hydrogen-bond acceptors (Lipinski definition) is 5. The molecule has 0 fully saturated rings. The predicted octanol–water partition coefficient (Wildman–Crippen LogP) is 0.355. The molecule has 2 rings (SSSR count). The van der Waals surface area contributed by atoms with Gasteiger partial charge in [-0.25, -0.2) is 18.1 Å². The van der Waals surface area contributed by atoms with Gasteiger partial charge in [0.2, 0.25) is 10.0 Å². The van der Waals surface area contributed by atoms with Gasteiger partial charge in [-0.1, -0.05) is 6.07 Å². The number of methoxy groups -OCH3 is 1. The number of nitrogens with one attached hydrogen (secondary N) is 2. The Hall–Kier alpha value is -1.90. The number of rotatable bonds is 6. The summed E-state index contributed by atoms with van der Waals surface area (Å²) < 4.78 is 32.2. The third-order valence-corrected chi connectivity index (χ3v) is 4.18. The van der Waals surface area contributed by atoms with Crippen molar-refractivity contribution < 1.29 is 13.2 Å². The Kier molecular flexibility index (Phi) is 4.38. The number of sulfonamides is 1. The highest BCUT2D eigenvalue weighted by Gasteiger charge is 2.19. The molecule has 0 saturated heterocycles. The quantitative estimate of drug-likeness (QED) is 0.712. The highest BCUT2D eigenvalue weighted by atomic mass is 32.2. The molecule has 108 valence electrons. The Labute approximate surface area is 117 Å². The summed E-state index contributed by atoms with van der Waals surface area (Å²) in [5.41, 5.74) is 6.92. The molecule has 1 aromatic carbocycles. The maximum Gasteiger partial charge on any atom is 0.244 e. The Bertz CT molecular complexity index is 668. The minimum absolute atomic E-state index is 0.0717. The van der Waals surface area contributed by atoms with Gasteiger partial charge < -0.3 is 15.5 Å². The van der Waals surface area contributed by atoms with Crippen LogP contribution in [0, 0.1) is 0 Å². The molecule has 0 aliphatic carbocycles. The minimum atomic E-state index is -3.69. The maximum atomic E-state index is 12.3. The first kappa shape index (κ1) is 14.5. The van der Waals surface area contributed by atoms with Gasteiger partial charge in [0.25, 0.3) is 0 Å². The molecule has 2 aromatic rings. The van der Waals surface area contributed by atoms with E-state index in [1.54, 1.807) is 18.3 Å². The van der Waals surface area contributed by atoms with Crippen molar-refractivity contribution >= 4 is 10.0 Å². The van der Waals surface area contributed by atoms with Crippen molar-refractivity contribution in [2.45, 2.75) is 18.0 Å². The molecule has 0 saturated carbocycles. The first-order chi connectivity index (χ1) is 9.56. The summed E-state index contributed by atoms with van der Waals surface area (Å²) >= 11 is 0. The number of benzene rings is 1. The second-order valence-corrected chi connectivity index (χ2v) is 5.83. The minimum Gasteiger partial charge on any atom is -0.495 e. The van der Waals surface area contributed by atoms with E-state index in [0.717, 1.165) is 0 Å². The van der Waals surface area contributed by atoms with Crippen LogP contribution in [-0.2, 0) is 23.1 Å². The molecular weight excluding hydrogens is 280 g/mol. The smallest absolute Gasteiger partial charge is 0.244 e. The van der Waals surface area contributed by atoms with Crippen molar-refractivity contribution in [2.75, 3.05) is 7.11 Å². The average Bonchev–Trinajstić information content (AvgIpc) is 2.98. The van der Waals surface area contributed by atoms with E-state index >= 15 is 0 Å². The second kappa shape index (κ2) is 6.04. The van der Waals surface area contributed by atoms with Crippen LogP contribution in [0.5, 0.6) is 5.75 Å². The fraction of sp³-hybridized carbons (Fsp3) is 0.250. The fourth-order valence-electron chi connectivity index (χ4n) is 1.69. The lowest BCUT2D eigenvalue weighted by molar-refractivity contribution is 0.402. The lowest BCUT2D eigenvalue weighted by Crippen LogP contribution is -2.24. The molecule has 7 nitrogen and oxygen atoms in total. The van der Waals surface area contributed by atoms with E-state index in [4.69, 9.17) is 10.5 Å². The summed E-state index contributed by atoms with van der Waals surface area (Å²) in [6.07, 6.45) is 3.04. The summed E-state index contributed by atoms with van der Waals surface area (Å²) in [7, 11) is -2.27. The van der Waals surface area contributed by atoms with E-state index in [0.29, 0.717) is 11.3 Å². The molecule has 0 amide bonds. The van der Waals surface area contributed by atoms with Gasteiger partial charge in [0.1, 0.15) is 10.6 Å². The summed E-state index contributed by atoms with van der Waals surface area (Å²) in [6, 6.07) is 4.83. The van der Waals surface area contributed by atoms with E-state index in [-0.39, 0.29) is 23.7 Å². The molecule has 1 aromatic heterocycles. The van der Waals surface area contributed by atoms with Crippen molar-refractivity contribution in [3.8, 4) is 5.75 Å². The van der Waals surface area contributed by atoms with Gasteiger partial charge in [0, 0.05) is 18.4 Å². The summed E-state index contributed by atoms with van der Waals surface area (Å²) in [5.74, 6) is 0.277. The molecule has 0 bridgehead atoms. The first-order valence-corrected chi connectivity index (χ1v) is 7.39. The standard InChI is InChI=1S/C12H16N4O3S/c1-19-11-3-2-9(5-13)4-12(11)20(17,18)16-7-10-6-14-8-15-10/h2-4,6,8,16H,5,7,13H2,1H3,(H,14,15). The van der Waals surface area contributed by atoms with Gasteiger partial charge in [-0.05, 0) is 17.7 Å². The molecule has 0 aliphatic heterocycles. The molecular formula is C12H16N4O3S. The largest absolute Gasteiger partial charge is 0.495 e. The number of nitrogens with zero attached hydrogens (tertiary/aromatic N) is 1. The number of aromatic amines is 1. The normalized spacial score (nSPS) is 11.5. The zero-order valence-corrected chi connectivity index (χ0v) is 11.8. The lowest BCUT2D eigenvalue weighted by atomic mass is 10.2.